The molecule has 2 atom stereocenters. The van der Waals surface area contributed by atoms with Crippen molar-refractivity contribution >= 4 is 43.8 Å². The Morgan fingerprint density at radius 1 is 1.24 bits per heavy atom. The fourth-order valence-corrected chi connectivity index (χ4v) is 5.83. The monoisotopic (exact) mass is 464 g/mol. The van der Waals surface area contributed by atoms with E-state index in [9.17, 15) is 17.2 Å². The highest BCUT2D eigenvalue weighted by molar-refractivity contribution is 7.93. The number of benzene rings is 1. The van der Waals surface area contributed by atoms with E-state index in [0.717, 1.165) is 37.8 Å². The number of hydrogen-bond donors (Lipinski definition) is 2. The first-order chi connectivity index (χ1) is 13.6. The van der Waals surface area contributed by atoms with Crippen LogP contribution in [0.4, 0.5) is 19.6 Å². The van der Waals surface area contributed by atoms with Gasteiger partial charge in [-0.05, 0) is 46.0 Å². The first-order valence-electron chi connectivity index (χ1n) is 9.16. The van der Waals surface area contributed by atoms with Gasteiger partial charge in [0.1, 0.15) is 10.7 Å². The number of thiazole rings is 1. The van der Waals surface area contributed by atoms with Gasteiger partial charge in [0, 0.05) is 12.1 Å². The Balaban J connectivity index is 1.85. The summed E-state index contributed by atoms with van der Waals surface area (Å²) in [6.07, 6.45) is 4.12. The Morgan fingerprint density at radius 2 is 1.93 bits per heavy atom. The molecule has 6 nitrogen and oxygen atoms in total. The van der Waals surface area contributed by atoms with Gasteiger partial charge in [-0.3, -0.25) is 4.72 Å². The molecule has 1 aromatic heterocycles. The summed E-state index contributed by atoms with van der Waals surface area (Å²) >= 11 is 6.81. The molecule has 2 N–H and O–H groups in total. The van der Waals surface area contributed by atoms with Gasteiger partial charge in [-0.1, -0.05) is 35.8 Å². The number of nitrogens with one attached hydrogen (secondary N) is 2. The van der Waals surface area contributed by atoms with Crippen LogP contribution in [0.5, 0.6) is 0 Å². The summed E-state index contributed by atoms with van der Waals surface area (Å²) in [6, 6.07) is 2.51. The largest absolute Gasteiger partial charge is 0.379 e. The molecule has 160 valence electrons. The van der Waals surface area contributed by atoms with E-state index >= 15 is 0 Å². The standard InChI is InChI=1S/C18H23ClF2N4O2S2/c1-10-17(21)28-18(22-10)24-29(26,27)16-8-11(19)14(9-12(16)20)23-13-6-4-5-7-15(13)25(2)3/h8-9,13,15,23H,4-7H2,1-3H3,(H,22,24)/t13-,15-/m0/s1. The molecule has 1 fully saturated rings. The maximum atomic E-state index is 14.7. The van der Waals surface area contributed by atoms with Crippen molar-refractivity contribution in [1.82, 2.24) is 9.88 Å². The van der Waals surface area contributed by atoms with Crippen molar-refractivity contribution in [1.29, 1.82) is 0 Å². The van der Waals surface area contributed by atoms with Crippen LogP contribution in [0.1, 0.15) is 31.4 Å². The number of nitrogens with zero attached hydrogens (tertiary/aromatic N) is 2. The average Bonchev–Trinajstić information content (AvgIpc) is 2.94. The zero-order valence-electron chi connectivity index (χ0n) is 16.3. The third-order valence-corrected chi connectivity index (χ3v) is 7.66. The minimum absolute atomic E-state index is 0.0636. The van der Waals surface area contributed by atoms with Gasteiger partial charge in [0.05, 0.1) is 16.4 Å². The molecule has 1 heterocycles. The van der Waals surface area contributed by atoms with Crippen LogP contribution in [0.2, 0.25) is 5.02 Å². The van der Waals surface area contributed by atoms with E-state index in [1.165, 1.54) is 6.92 Å². The summed E-state index contributed by atoms with van der Waals surface area (Å²) in [7, 11) is -0.313. The van der Waals surface area contributed by atoms with Crippen LogP contribution < -0.4 is 10.0 Å². The summed E-state index contributed by atoms with van der Waals surface area (Å²) in [5.74, 6) is -0.949. The van der Waals surface area contributed by atoms with E-state index in [-0.39, 0.29) is 27.9 Å². The van der Waals surface area contributed by atoms with Gasteiger partial charge in [-0.15, -0.1) is 0 Å². The summed E-state index contributed by atoms with van der Waals surface area (Å²) in [4.78, 5) is 5.28. The fourth-order valence-electron chi connectivity index (χ4n) is 3.53. The number of aryl methyl sites for hydroxylation is 1. The van der Waals surface area contributed by atoms with Crippen molar-refractivity contribution in [3.63, 3.8) is 0 Å². The number of hydrogen-bond acceptors (Lipinski definition) is 6. The molecule has 0 unspecified atom stereocenters. The molecule has 1 saturated carbocycles. The molecule has 0 saturated heterocycles. The Hall–Kier alpha value is -1.49. The lowest BCUT2D eigenvalue weighted by molar-refractivity contribution is 0.211. The highest BCUT2D eigenvalue weighted by atomic mass is 35.5. The number of anilines is 2. The van der Waals surface area contributed by atoms with Crippen molar-refractivity contribution in [2.75, 3.05) is 24.1 Å². The Morgan fingerprint density at radius 3 is 2.55 bits per heavy atom. The van der Waals surface area contributed by atoms with E-state index in [1.807, 2.05) is 14.1 Å². The Labute approximate surface area is 178 Å². The second-order valence-corrected chi connectivity index (χ2v) is 10.3. The minimum atomic E-state index is -4.31. The molecule has 2 aromatic rings. The third-order valence-electron chi connectivity index (χ3n) is 5.01. The molecule has 1 aliphatic carbocycles. The number of likely N-dealkylation sites (N-methyl/N-ethyl adjacent to an activating group) is 1. The van der Waals surface area contributed by atoms with Crippen LogP contribution in [0.25, 0.3) is 0 Å². The summed E-state index contributed by atoms with van der Waals surface area (Å²) in [5, 5.41) is 2.59. The Kier molecular flexibility index (Phi) is 6.67. The molecule has 0 spiro atoms. The van der Waals surface area contributed by atoms with Gasteiger partial charge in [0.15, 0.2) is 5.13 Å². The lowest BCUT2D eigenvalue weighted by Crippen LogP contribution is -2.45. The zero-order valence-corrected chi connectivity index (χ0v) is 18.7. The van der Waals surface area contributed by atoms with Gasteiger partial charge in [0.25, 0.3) is 10.0 Å². The molecule has 3 rings (SSSR count). The average molecular weight is 465 g/mol. The number of sulfonamides is 1. The Bertz CT molecular complexity index is 978. The van der Waals surface area contributed by atoms with E-state index in [1.54, 1.807) is 0 Å². The van der Waals surface area contributed by atoms with Crippen molar-refractivity contribution in [3.05, 3.63) is 33.8 Å². The second-order valence-electron chi connectivity index (χ2n) is 7.31. The third kappa shape index (κ3) is 4.99. The van der Waals surface area contributed by atoms with Crippen LogP contribution in [0, 0.1) is 17.9 Å². The molecule has 1 aromatic carbocycles. The van der Waals surface area contributed by atoms with Gasteiger partial charge < -0.3 is 10.2 Å². The molecule has 11 heteroatoms. The van der Waals surface area contributed by atoms with E-state index in [4.69, 9.17) is 11.6 Å². The molecule has 1 aliphatic rings. The highest BCUT2D eigenvalue weighted by Gasteiger charge is 2.28. The van der Waals surface area contributed by atoms with Gasteiger partial charge in [0.2, 0.25) is 5.13 Å². The molecule has 0 radical (unpaired) electrons. The van der Waals surface area contributed by atoms with Crippen molar-refractivity contribution < 1.29 is 17.2 Å². The van der Waals surface area contributed by atoms with Crippen molar-refractivity contribution in [2.24, 2.45) is 0 Å². The SMILES string of the molecule is Cc1nc(NS(=O)(=O)c2cc(Cl)c(N[C@H]3CCCC[C@@H]3N(C)C)cc2F)sc1F. The van der Waals surface area contributed by atoms with E-state index < -0.39 is 25.9 Å². The van der Waals surface area contributed by atoms with Gasteiger partial charge >= 0.3 is 0 Å². The van der Waals surface area contributed by atoms with Crippen LogP contribution >= 0.6 is 22.9 Å². The zero-order chi connectivity index (χ0) is 21.3. The lowest BCUT2D eigenvalue weighted by atomic mass is 9.89. The van der Waals surface area contributed by atoms with Crippen LogP contribution in [-0.2, 0) is 10.0 Å². The predicted octanol–water partition coefficient (Wildman–Crippen LogP) is 4.47. The molecule has 0 aliphatic heterocycles. The number of halogens is 3. The van der Waals surface area contributed by atoms with Crippen LogP contribution in [-0.4, -0.2) is 44.5 Å². The lowest BCUT2D eigenvalue weighted by Gasteiger charge is -2.37. The molecular weight excluding hydrogens is 442 g/mol. The quantitative estimate of drug-likeness (QED) is 0.659. The smallest absolute Gasteiger partial charge is 0.266 e. The maximum absolute atomic E-state index is 14.7. The van der Waals surface area contributed by atoms with Crippen LogP contribution in [0.3, 0.4) is 0 Å². The van der Waals surface area contributed by atoms with Crippen LogP contribution in [0.15, 0.2) is 17.0 Å². The molecule has 29 heavy (non-hydrogen) atoms. The normalized spacial score (nSPS) is 20.1. The number of aromatic nitrogens is 1. The summed E-state index contributed by atoms with van der Waals surface area (Å²) < 4.78 is 55.3. The van der Waals surface area contributed by atoms with Crippen molar-refractivity contribution in [2.45, 2.75) is 49.6 Å². The molecule has 0 amide bonds. The summed E-state index contributed by atoms with van der Waals surface area (Å²) in [5.41, 5.74) is 0.409. The topological polar surface area (TPSA) is 74.3 Å². The number of rotatable bonds is 6. The minimum Gasteiger partial charge on any atom is -0.379 e. The van der Waals surface area contributed by atoms with E-state index in [0.29, 0.717) is 17.0 Å². The predicted molar refractivity (Wildman–Crippen MR) is 112 cm³/mol. The first kappa shape index (κ1) is 22.2. The summed E-state index contributed by atoms with van der Waals surface area (Å²) in [6.45, 7) is 1.41. The second kappa shape index (κ2) is 8.71. The van der Waals surface area contributed by atoms with E-state index in [2.05, 4.69) is 19.9 Å². The molecular formula is C18H23ClF2N4O2S2. The van der Waals surface area contributed by atoms with Gasteiger partial charge in [-0.2, -0.15) is 4.39 Å². The van der Waals surface area contributed by atoms with Gasteiger partial charge in [-0.25, -0.2) is 17.8 Å². The first-order valence-corrected chi connectivity index (χ1v) is 11.8. The molecule has 0 bridgehead atoms. The fraction of sp³-hybridized carbons (Fsp3) is 0.500. The maximum Gasteiger partial charge on any atom is 0.266 e. The highest BCUT2D eigenvalue weighted by Crippen LogP contribution is 2.33. The van der Waals surface area contributed by atoms with Crippen molar-refractivity contribution in [3.8, 4) is 0 Å².